The highest BCUT2D eigenvalue weighted by Gasteiger charge is 2.16. The fourth-order valence-electron chi connectivity index (χ4n) is 2.32. The van der Waals surface area contributed by atoms with E-state index in [1.54, 1.807) is 18.3 Å². The first-order chi connectivity index (χ1) is 10.1. The Morgan fingerprint density at radius 2 is 2.00 bits per heavy atom. The van der Waals surface area contributed by atoms with E-state index in [9.17, 15) is 4.79 Å². The molecule has 0 aliphatic carbocycles. The lowest BCUT2D eigenvalue weighted by Gasteiger charge is -2.17. The summed E-state index contributed by atoms with van der Waals surface area (Å²) in [5.74, 6) is 0.504. The van der Waals surface area contributed by atoms with Crippen molar-refractivity contribution in [1.82, 2.24) is 10.3 Å². The van der Waals surface area contributed by atoms with E-state index in [2.05, 4.69) is 15.6 Å². The van der Waals surface area contributed by atoms with E-state index in [-0.39, 0.29) is 11.9 Å². The first kappa shape index (κ1) is 15.0. The summed E-state index contributed by atoms with van der Waals surface area (Å²) >= 11 is 0. The number of aryl methyl sites for hydroxylation is 1. The second kappa shape index (κ2) is 6.88. The SMILES string of the molecule is CCNc1ncccc1C(=O)NC(C)c1ccccc1C. The molecule has 0 aliphatic rings. The normalized spacial score (nSPS) is 11.8. The van der Waals surface area contributed by atoms with Crippen LogP contribution in [-0.4, -0.2) is 17.4 Å². The lowest BCUT2D eigenvalue weighted by molar-refractivity contribution is 0.0940. The summed E-state index contributed by atoms with van der Waals surface area (Å²) in [6.45, 7) is 6.74. The number of pyridine rings is 1. The van der Waals surface area contributed by atoms with Gasteiger partial charge in [-0.05, 0) is 44.0 Å². The van der Waals surface area contributed by atoms with Crippen LogP contribution in [0.25, 0.3) is 0 Å². The van der Waals surface area contributed by atoms with Crippen molar-refractivity contribution in [2.24, 2.45) is 0 Å². The number of carbonyl (C=O) groups excluding carboxylic acids is 1. The smallest absolute Gasteiger partial charge is 0.255 e. The Hall–Kier alpha value is -2.36. The van der Waals surface area contributed by atoms with Crippen molar-refractivity contribution >= 4 is 11.7 Å². The largest absolute Gasteiger partial charge is 0.370 e. The second-order valence-corrected chi connectivity index (χ2v) is 4.98. The number of hydrogen-bond donors (Lipinski definition) is 2. The van der Waals surface area contributed by atoms with Crippen molar-refractivity contribution in [3.63, 3.8) is 0 Å². The van der Waals surface area contributed by atoms with E-state index in [0.717, 1.165) is 12.1 Å². The maximum Gasteiger partial charge on any atom is 0.255 e. The van der Waals surface area contributed by atoms with Gasteiger partial charge in [0, 0.05) is 12.7 Å². The molecule has 4 heteroatoms. The van der Waals surface area contributed by atoms with E-state index < -0.39 is 0 Å². The zero-order valence-corrected chi connectivity index (χ0v) is 12.7. The minimum atomic E-state index is -0.116. The Labute approximate surface area is 125 Å². The molecule has 0 radical (unpaired) electrons. The second-order valence-electron chi connectivity index (χ2n) is 4.98. The Morgan fingerprint density at radius 1 is 1.24 bits per heavy atom. The lowest BCUT2D eigenvalue weighted by atomic mass is 10.0. The van der Waals surface area contributed by atoms with Crippen LogP contribution in [0.2, 0.25) is 0 Å². The number of hydrogen-bond acceptors (Lipinski definition) is 3. The van der Waals surface area contributed by atoms with Crippen molar-refractivity contribution in [2.75, 3.05) is 11.9 Å². The number of nitrogens with one attached hydrogen (secondary N) is 2. The molecule has 2 rings (SSSR count). The number of anilines is 1. The number of benzene rings is 1. The molecule has 1 aromatic heterocycles. The van der Waals surface area contributed by atoms with Crippen molar-refractivity contribution < 1.29 is 4.79 Å². The van der Waals surface area contributed by atoms with Crippen LogP contribution in [0.4, 0.5) is 5.82 Å². The first-order valence-corrected chi connectivity index (χ1v) is 7.18. The van der Waals surface area contributed by atoms with E-state index in [0.29, 0.717) is 11.4 Å². The van der Waals surface area contributed by atoms with Crippen LogP contribution >= 0.6 is 0 Å². The van der Waals surface area contributed by atoms with Gasteiger partial charge in [0.05, 0.1) is 11.6 Å². The summed E-state index contributed by atoms with van der Waals surface area (Å²) in [6.07, 6.45) is 1.68. The molecule has 1 unspecified atom stereocenters. The fourth-order valence-corrected chi connectivity index (χ4v) is 2.32. The Bertz CT molecular complexity index is 625. The lowest BCUT2D eigenvalue weighted by Crippen LogP contribution is -2.28. The standard InChI is InChI=1S/C17H21N3O/c1-4-18-16-15(10-7-11-19-16)17(21)20-13(3)14-9-6-5-8-12(14)2/h5-11,13H,4H2,1-3H3,(H,18,19)(H,20,21). The third-order valence-corrected chi connectivity index (χ3v) is 3.40. The molecular formula is C17H21N3O. The molecule has 1 aromatic carbocycles. The van der Waals surface area contributed by atoms with Crippen LogP contribution in [0.3, 0.4) is 0 Å². The molecule has 1 heterocycles. The summed E-state index contributed by atoms with van der Waals surface area (Å²) < 4.78 is 0. The van der Waals surface area contributed by atoms with Gasteiger partial charge in [0.25, 0.3) is 5.91 Å². The number of rotatable bonds is 5. The topological polar surface area (TPSA) is 54.0 Å². The van der Waals surface area contributed by atoms with Crippen molar-refractivity contribution in [3.05, 3.63) is 59.3 Å². The van der Waals surface area contributed by atoms with Crippen LogP contribution in [0, 0.1) is 6.92 Å². The molecule has 0 fully saturated rings. The van der Waals surface area contributed by atoms with E-state index in [4.69, 9.17) is 0 Å². The maximum atomic E-state index is 12.4. The van der Waals surface area contributed by atoms with Crippen LogP contribution < -0.4 is 10.6 Å². The van der Waals surface area contributed by atoms with Gasteiger partial charge >= 0.3 is 0 Å². The van der Waals surface area contributed by atoms with Gasteiger partial charge < -0.3 is 10.6 Å². The van der Waals surface area contributed by atoms with Crippen LogP contribution in [0.1, 0.15) is 41.4 Å². The van der Waals surface area contributed by atoms with Gasteiger partial charge in [0.15, 0.2) is 0 Å². The quantitative estimate of drug-likeness (QED) is 0.885. The van der Waals surface area contributed by atoms with Gasteiger partial charge in [0.1, 0.15) is 5.82 Å². The van der Waals surface area contributed by atoms with E-state index in [1.165, 1.54) is 5.56 Å². The summed E-state index contributed by atoms with van der Waals surface area (Å²) in [5, 5.41) is 6.14. The maximum absolute atomic E-state index is 12.4. The molecule has 110 valence electrons. The van der Waals surface area contributed by atoms with Gasteiger partial charge in [-0.1, -0.05) is 24.3 Å². The molecule has 0 saturated heterocycles. The Morgan fingerprint density at radius 3 is 2.71 bits per heavy atom. The molecular weight excluding hydrogens is 262 g/mol. The third-order valence-electron chi connectivity index (χ3n) is 3.40. The van der Waals surface area contributed by atoms with Gasteiger partial charge in [-0.2, -0.15) is 0 Å². The first-order valence-electron chi connectivity index (χ1n) is 7.18. The fraction of sp³-hybridized carbons (Fsp3) is 0.294. The molecule has 1 amide bonds. The number of amides is 1. The average Bonchev–Trinajstić information content (AvgIpc) is 2.48. The van der Waals surface area contributed by atoms with Gasteiger partial charge in [-0.25, -0.2) is 4.98 Å². The highest BCUT2D eigenvalue weighted by atomic mass is 16.1. The molecule has 0 saturated carbocycles. The monoisotopic (exact) mass is 283 g/mol. The Balaban J connectivity index is 2.17. The third kappa shape index (κ3) is 3.60. The number of aromatic nitrogens is 1. The Kier molecular flexibility index (Phi) is 4.93. The van der Waals surface area contributed by atoms with Crippen LogP contribution in [0.15, 0.2) is 42.6 Å². The number of nitrogens with zero attached hydrogens (tertiary/aromatic N) is 1. The number of carbonyl (C=O) groups is 1. The predicted octanol–water partition coefficient (Wildman–Crippen LogP) is 3.31. The highest BCUT2D eigenvalue weighted by Crippen LogP contribution is 2.18. The summed E-state index contributed by atoms with van der Waals surface area (Å²) in [7, 11) is 0. The average molecular weight is 283 g/mol. The van der Waals surface area contributed by atoms with Gasteiger partial charge in [-0.3, -0.25) is 4.79 Å². The minimum Gasteiger partial charge on any atom is -0.370 e. The molecule has 2 aromatic rings. The zero-order chi connectivity index (χ0) is 15.2. The van der Waals surface area contributed by atoms with Gasteiger partial charge in [0.2, 0.25) is 0 Å². The van der Waals surface area contributed by atoms with Gasteiger partial charge in [-0.15, -0.1) is 0 Å². The van der Waals surface area contributed by atoms with Crippen LogP contribution in [0.5, 0.6) is 0 Å². The van der Waals surface area contributed by atoms with E-state index in [1.807, 2.05) is 45.0 Å². The molecule has 2 N–H and O–H groups in total. The van der Waals surface area contributed by atoms with Crippen LogP contribution in [-0.2, 0) is 0 Å². The summed E-state index contributed by atoms with van der Waals surface area (Å²) in [5.41, 5.74) is 2.86. The highest BCUT2D eigenvalue weighted by molar-refractivity contribution is 5.98. The minimum absolute atomic E-state index is 0.0478. The predicted molar refractivity (Wildman–Crippen MR) is 85.5 cm³/mol. The zero-order valence-electron chi connectivity index (χ0n) is 12.7. The molecule has 21 heavy (non-hydrogen) atoms. The summed E-state index contributed by atoms with van der Waals surface area (Å²) in [6, 6.07) is 11.6. The molecule has 4 nitrogen and oxygen atoms in total. The molecule has 0 spiro atoms. The van der Waals surface area contributed by atoms with E-state index >= 15 is 0 Å². The van der Waals surface area contributed by atoms with Crippen molar-refractivity contribution in [2.45, 2.75) is 26.8 Å². The van der Waals surface area contributed by atoms with Crippen molar-refractivity contribution in [1.29, 1.82) is 0 Å². The van der Waals surface area contributed by atoms with Crippen molar-refractivity contribution in [3.8, 4) is 0 Å². The molecule has 0 bridgehead atoms. The molecule has 0 aliphatic heterocycles. The summed E-state index contributed by atoms with van der Waals surface area (Å²) in [4.78, 5) is 16.7. The molecule has 1 atom stereocenters.